The Kier molecular flexibility index (Phi) is 3.23. The minimum Gasteiger partial charge on any atom is -0.330 e. The lowest BCUT2D eigenvalue weighted by Gasteiger charge is -2.09. The van der Waals surface area contributed by atoms with Crippen LogP contribution in [0.5, 0.6) is 0 Å². The molecule has 0 bridgehead atoms. The quantitative estimate of drug-likeness (QED) is 0.782. The summed E-state index contributed by atoms with van der Waals surface area (Å²) in [5, 5.41) is 1.15. The first-order valence-corrected chi connectivity index (χ1v) is 5.14. The Balaban J connectivity index is 2.91. The second kappa shape index (κ2) is 4.01. The van der Waals surface area contributed by atoms with Gasteiger partial charge >= 0.3 is 0 Å². The Hall–Kier alpha value is -0.410. The lowest BCUT2D eigenvalue weighted by atomic mass is 10.0. The molecule has 1 unspecified atom stereocenters. The van der Waals surface area contributed by atoms with Gasteiger partial charge in [0.15, 0.2) is 0 Å². The van der Waals surface area contributed by atoms with Crippen LogP contribution in [0.15, 0.2) is 0 Å². The van der Waals surface area contributed by atoms with Crippen LogP contribution in [0.2, 0.25) is 0 Å². The number of nitrogens with two attached hydrogens (primary N) is 1. The summed E-state index contributed by atoms with van der Waals surface area (Å²) in [7, 11) is 0. The third kappa shape index (κ3) is 1.84. The van der Waals surface area contributed by atoms with Crippen molar-refractivity contribution in [2.24, 2.45) is 5.73 Å². The van der Waals surface area contributed by atoms with E-state index >= 15 is 0 Å². The van der Waals surface area contributed by atoms with E-state index in [4.69, 9.17) is 5.73 Å². The summed E-state index contributed by atoms with van der Waals surface area (Å²) in [5.41, 5.74) is 6.83. The zero-order valence-corrected chi connectivity index (χ0v) is 8.74. The topological polar surface area (TPSA) is 38.9 Å². The van der Waals surface area contributed by atoms with Gasteiger partial charge in [-0.1, -0.05) is 6.92 Å². The van der Waals surface area contributed by atoms with E-state index in [1.807, 2.05) is 6.92 Å². The first-order chi connectivity index (χ1) is 5.69. The average Bonchev–Trinajstić information content (AvgIpc) is 2.34. The Morgan fingerprint density at radius 3 is 2.50 bits per heavy atom. The Bertz CT molecular complexity index is 251. The Morgan fingerprint density at radius 1 is 1.50 bits per heavy atom. The van der Waals surface area contributed by atoms with Gasteiger partial charge in [-0.05, 0) is 20.3 Å². The molecule has 0 aliphatic heterocycles. The summed E-state index contributed by atoms with van der Waals surface area (Å²) in [6, 6.07) is 0. The van der Waals surface area contributed by atoms with E-state index in [0.717, 1.165) is 23.7 Å². The summed E-state index contributed by atoms with van der Waals surface area (Å²) < 4.78 is 0. The van der Waals surface area contributed by atoms with Gasteiger partial charge in [0.25, 0.3) is 0 Å². The second-order valence-electron chi connectivity index (χ2n) is 3.02. The van der Waals surface area contributed by atoms with Crippen molar-refractivity contribution in [3.05, 3.63) is 15.6 Å². The molecule has 0 saturated heterocycles. The summed E-state index contributed by atoms with van der Waals surface area (Å²) in [6.45, 7) is 7.02. The molecule has 68 valence electrons. The highest BCUT2D eigenvalue weighted by molar-refractivity contribution is 7.11. The monoisotopic (exact) mass is 184 g/mol. The maximum Gasteiger partial charge on any atom is 0.0900 e. The van der Waals surface area contributed by atoms with E-state index in [1.165, 1.54) is 4.88 Å². The van der Waals surface area contributed by atoms with Crippen LogP contribution in [0.1, 0.15) is 34.8 Å². The molecular formula is C9H16N2S. The molecule has 0 spiro atoms. The molecule has 1 rings (SSSR count). The number of rotatable bonds is 3. The number of hydrogen-bond donors (Lipinski definition) is 1. The molecule has 0 saturated carbocycles. The maximum absolute atomic E-state index is 5.67. The first-order valence-electron chi connectivity index (χ1n) is 4.33. The molecule has 2 nitrogen and oxygen atoms in total. The SMILES string of the molecule is CCC(CN)c1sc(C)nc1C. The molecule has 1 aromatic rings. The predicted octanol–water partition coefficient (Wildman–Crippen LogP) is 2.21. The highest BCUT2D eigenvalue weighted by atomic mass is 32.1. The van der Waals surface area contributed by atoms with Crippen LogP contribution < -0.4 is 5.73 Å². The highest BCUT2D eigenvalue weighted by Crippen LogP contribution is 2.27. The van der Waals surface area contributed by atoms with Gasteiger partial charge in [0.1, 0.15) is 0 Å². The van der Waals surface area contributed by atoms with Crippen LogP contribution >= 0.6 is 11.3 Å². The molecule has 1 aromatic heterocycles. The number of hydrogen-bond acceptors (Lipinski definition) is 3. The van der Waals surface area contributed by atoms with Gasteiger partial charge in [-0.15, -0.1) is 11.3 Å². The van der Waals surface area contributed by atoms with Crippen molar-refractivity contribution in [3.8, 4) is 0 Å². The van der Waals surface area contributed by atoms with E-state index in [-0.39, 0.29) is 0 Å². The van der Waals surface area contributed by atoms with Crippen LogP contribution in [-0.4, -0.2) is 11.5 Å². The summed E-state index contributed by atoms with van der Waals surface area (Å²) in [5.74, 6) is 0.510. The van der Waals surface area contributed by atoms with Gasteiger partial charge in [-0.3, -0.25) is 0 Å². The van der Waals surface area contributed by atoms with E-state index in [0.29, 0.717) is 5.92 Å². The molecule has 3 heteroatoms. The fourth-order valence-electron chi connectivity index (χ4n) is 1.38. The van der Waals surface area contributed by atoms with Crippen molar-refractivity contribution in [2.45, 2.75) is 33.1 Å². The minimum atomic E-state index is 0.510. The molecular weight excluding hydrogens is 168 g/mol. The largest absolute Gasteiger partial charge is 0.330 e. The predicted molar refractivity (Wildman–Crippen MR) is 53.7 cm³/mol. The molecule has 0 radical (unpaired) electrons. The number of nitrogens with zero attached hydrogens (tertiary/aromatic N) is 1. The number of aromatic nitrogens is 1. The van der Waals surface area contributed by atoms with Crippen LogP contribution in [0.25, 0.3) is 0 Å². The third-order valence-corrected chi connectivity index (χ3v) is 3.32. The molecule has 0 aliphatic carbocycles. The molecule has 2 N–H and O–H groups in total. The van der Waals surface area contributed by atoms with Crippen LogP contribution in [0, 0.1) is 13.8 Å². The summed E-state index contributed by atoms with van der Waals surface area (Å²) in [4.78, 5) is 5.76. The van der Waals surface area contributed by atoms with Gasteiger partial charge in [0.05, 0.1) is 10.7 Å². The van der Waals surface area contributed by atoms with Crippen molar-refractivity contribution in [1.29, 1.82) is 0 Å². The van der Waals surface area contributed by atoms with Gasteiger partial charge in [0, 0.05) is 17.3 Å². The highest BCUT2D eigenvalue weighted by Gasteiger charge is 2.13. The summed E-state index contributed by atoms with van der Waals surface area (Å²) in [6.07, 6.45) is 1.11. The number of thiazole rings is 1. The second-order valence-corrected chi connectivity index (χ2v) is 4.26. The minimum absolute atomic E-state index is 0.510. The standard InChI is InChI=1S/C9H16N2S/c1-4-8(5-10)9-6(2)11-7(3)12-9/h8H,4-5,10H2,1-3H3. The van der Waals surface area contributed by atoms with Crippen molar-refractivity contribution in [3.63, 3.8) is 0 Å². The smallest absolute Gasteiger partial charge is 0.0900 e. The van der Waals surface area contributed by atoms with Crippen LogP contribution in [0.4, 0.5) is 0 Å². The third-order valence-electron chi connectivity index (χ3n) is 2.09. The van der Waals surface area contributed by atoms with Gasteiger partial charge in [-0.25, -0.2) is 4.98 Å². The molecule has 12 heavy (non-hydrogen) atoms. The maximum atomic E-state index is 5.67. The zero-order chi connectivity index (χ0) is 9.14. The molecule has 0 aromatic carbocycles. The number of aryl methyl sites for hydroxylation is 2. The Labute approximate surface area is 77.8 Å². The molecule has 1 atom stereocenters. The fraction of sp³-hybridized carbons (Fsp3) is 0.667. The summed E-state index contributed by atoms with van der Waals surface area (Å²) >= 11 is 1.78. The molecule has 1 heterocycles. The van der Waals surface area contributed by atoms with E-state index < -0.39 is 0 Å². The average molecular weight is 184 g/mol. The zero-order valence-electron chi connectivity index (χ0n) is 7.92. The lowest BCUT2D eigenvalue weighted by molar-refractivity contribution is 0.680. The Morgan fingerprint density at radius 2 is 2.17 bits per heavy atom. The molecule has 0 fully saturated rings. The molecule has 0 aliphatic rings. The van der Waals surface area contributed by atoms with Gasteiger partial charge in [0.2, 0.25) is 0 Å². The lowest BCUT2D eigenvalue weighted by Crippen LogP contribution is -2.11. The van der Waals surface area contributed by atoms with Crippen LogP contribution in [0.3, 0.4) is 0 Å². The van der Waals surface area contributed by atoms with E-state index in [9.17, 15) is 0 Å². The van der Waals surface area contributed by atoms with E-state index in [1.54, 1.807) is 11.3 Å². The van der Waals surface area contributed by atoms with Gasteiger partial charge < -0.3 is 5.73 Å². The molecule has 0 amide bonds. The van der Waals surface area contributed by atoms with Crippen LogP contribution in [-0.2, 0) is 0 Å². The van der Waals surface area contributed by atoms with Crippen molar-refractivity contribution in [2.75, 3.05) is 6.54 Å². The van der Waals surface area contributed by atoms with E-state index in [2.05, 4.69) is 18.8 Å². The van der Waals surface area contributed by atoms with Gasteiger partial charge in [-0.2, -0.15) is 0 Å². The normalized spacial score (nSPS) is 13.3. The fourth-order valence-corrected chi connectivity index (χ4v) is 2.51. The van der Waals surface area contributed by atoms with Crippen molar-refractivity contribution in [1.82, 2.24) is 4.98 Å². The first kappa shape index (κ1) is 9.68. The van der Waals surface area contributed by atoms with Crippen molar-refractivity contribution >= 4 is 11.3 Å². The van der Waals surface area contributed by atoms with Crippen molar-refractivity contribution < 1.29 is 0 Å².